The number of anilines is 2. The van der Waals surface area contributed by atoms with Crippen molar-refractivity contribution in [3.63, 3.8) is 0 Å². The summed E-state index contributed by atoms with van der Waals surface area (Å²) in [5, 5.41) is 12.1. The summed E-state index contributed by atoms with van der Waals surface area (Å²) < 4.78 is 0. The van der Waals surface area contributed by atoms with Gasteiger partial charge in [-0.2, -0.15) is 0 Å². The van der Waals surface area contributed by atoms with Crippen LogP contribution < -0.4 is 11.1 Å². The van der Waals surface area contributed by atoms with Crippen molar-refractivity contribution in [1.82, 2.24) is 4.98 Å². The van der Waals surface area contributed by atoms with Gasteiger partial charge in [0.25, 0.3) is 0 Å². The van der Waals surface area contributed by atoms with Crippen LogP contribution in [0.5, 0.6) is 0 Å². The van der Waals surface area contributed by atoms with Crippen molar-refractivity contribution in [1.29, 1.82) is 0 Å². The minimum Gasteiger partial charge on any atom is -0.399 e. The van der Waals surface area contributed by atoms with Gasteiger partial charge in [0.1, 0.15) is 0 Å². The van der Waals surface area contributed by atoms with Gasteiger partial charge in [0.05, 0.1) is 0 Å². The molecule has 90 valence electrons. The molecule has 0 amide bonds. The number of benzene rings is 1. The highest BCUT2D eigenvalue weighted by Crippen LogP contribution is 2.28. The van der Waals surface area contributed by atoms with Crippen LogP contribution in [0.3, 0.4) is 0 Å². The first-order valence-electron chi connectivity index (χ1n) is 5.69. The molecule has 2 aromatic rings. The number of aliphatic hydroxyl groups excluding tert-OH is 1. The van der Waals surface area contributed by atoms with Gasteiger partial charge in [0, 0.05) is 42.0 Å². The third-order valence-electron chi connectivity index (χ3n) is 2.58. The second kappa shape index (κ2) is 5.41. The first-order valence-corrected chi connectivity index (χ1v) is 5.69. The fraction of sp³-hybridized carbons (Fsp3) is 0.231. The molecule has 0 fully saturated rings. The smallest absolute Gasteiger partial charge is 0.0475 e. The van der Waals surface area contributed by atoms with Crippen molar-refractivity contribution >= 4 is 11.4 Å². The largest absolute Gasteiger partial charge is 0.399 e. The number of aromatic nitrogens is 1. The van der Waals surface area contributed by atoms with Gasteiger partial charge in [-0.1, -0.05) is 0 Å². The predicted octanol–water partition coefficient (Wildman–Crippen LogP) is 2.06. The van der Waals surface area contributed by atoms with E-state index in [9.17, 15) is 0 Å². The Bertz CT molecular complexity index is 466. The van der Waals surface area contributed by atoms with E-state index in [0.717, 1.165) is 35.6 Å². The van der Waals surface area contributed by atoms with Gasteiger partial charge < -0.3 is 21.1 Å². The lowest BCUT2D eigenvalue weighted by molar-refractivity contribution is 0.292. The number of nitrogens with one attached hydrogen (secondary N) is 2. The number of aromatic amines is 1. The van der Waals surface area contributed by atoms with E-state index in [1.807, 2.05) is 36.5 Å². The SMILES string of the molecule is Nc1ccc(NCCCO)c(-c2ccc[nH]2)c1. The fourth-order valence-electron chi connectivity index (χ4n) is 1.74. The second-order valence-corrected chi connectivity index (χ2v) is 3.89. The standard InChI is InChI=1S/C13H17N3O/c14-10-4-5-13(16-7-2-8-17)11(9-10)12-3-1-6-15-12/h1,3-6,9,15-17H,2,7-8,14H2. The zero-order chi connectivity index (χ0) is 12.1. The van der Waals surface area contributed by atoms with Crippen LogP contribution in [0.25, 0.3) is 11.3 Å². The zero-order valence-electron chi connectivity index (χ0n) is 9.61. The average molecular weight is 231 g/mol. The van der Waals surface area contributed by atoms with E-state index < -0.39 is 0 Å². The van der Waals surface area contributed by atoms with Crippen LogP contribution in [0.1, 0.15) is 6.42 Å². The first kappa shape index (κ1) is 11.5. The minimum absolute atomic E-state index is 0.194. The molecule has 0 saturated carbocycles. The summed E-state index contributed by atoms with van der Waals surface area (Å²) in [7, 11) is 0. The summed E-state index contributed by atoms with van der Waals surface area (Å²) in [5.74, 6) is 0. The molecular formula is C13H17N3O. The van der Waals surface area contributed by atoms with Crippen LogP contribution >= 0.6 is 0 Å². The van der Waals surface area contributed by atoms with Crippen LogP contribution in [0.4, 0.5) is 11.4 Å². The Kier molecular flexibility index (Phi) is 3.67. The molecular weight excluding hydrogens is 214 g/mol. The molecule has 1 aromatic carbocycles. The fourth-order valence-corrected chi connectivity index (χ4v) is 1.74. The van der Waals surface area contributed by atoms with Crippen molar-refractivity contribution in [3.05, 3.63) is 36.5 Å². The molecule has 4 heteroatoms. The zero-order valence-corrected chi connectivity index (χ0v) is 9.61. The average Bonchev–Trinajstić information content (AvgIpc) is 2.85. The van der Waals surface area contributed by atoms with Crippen LogP contribution in [-0.2, 0) is 0 Å². The van der Waals surface area contributed by atoms with Gasteiger partial charge in [0.2, 0.25) is 0 Å². The molecule has 0 bridgehead atoms. The number of hydrogen-bond acceptors (Lipinski definition) is 3. The maximum atomic E-state index is 8.78. The summed E-state index contributed by atoms with van der Waals surface area (Å²) >= 11 is 0. The lowest BCUT2D eigenvalue weighted by atomic mass is 10.1. The van der Waals surface area contributed by atoms with Crippen molar-refractivity contribution in [3.8, 4) is 11.3 Å². The summed E-state index contributed by atoms with van der Waals surface area (Å²) in [4.78, 5) is 3.17. The molecule has 0 aliphatic rings. The highest BCUT2D eigenvalue weighted by Gasteiger charge is 2.05. The molecule has 0 radical (unpaired) electrons. The predicted molar refractivity (Wildman–Crippen MR) is 70.8 cm³/mol. The van der Waals surface area contributed by atoms with Gasteiger partial charge in [-0.3, -0.25) is 0 Å². The number of H-pyrrole nitrogens is 1. The molecule has 17 heavy (non-hydrogen) atoms. The van der Waals surface area contributed by atoms with E-state index in [2.05, 4.69) is 10.3 Å². The number of hydrogen-bond donors (Lipinski definition) is 4. The van der Waals surface area contributed by atoms with Gasteiger partial charge in [-0.05, 0) is 36.8 Å². The third kappa shape index (κ3) is 2.79. The summed E-state index contributed by atoms with van der Waals surface area (Å²) in [6, 6.07) is 9.73. The highest BCUT2D eigenvalue weighted by atomic mass is 16.3. The topological polar surface area (TPSA) is 74.1 Å². The highest BCUT2D eigenvalue weighted by molar-refractivity contribution is 5.78. The molecule has 0 aliphatic carbocycles. The molecule has 0 saturated heterocycles. The molecule has 1 heterocycles. The Balaban J connectivity index is 2.25. The van der Waals surface area contributed by atoms with Gasteiger partial charge >= 0.3 is 0 Å². The number of nitrogen functional groups attached to an aromatic ring is 1. The Labute approximate surface area is 100 Å². The lowest BCUT2D eigenvalue weighted by Gasteiger charge is -2.11. The van der Waals surface area contributed by atoms with Crippen LogP contribution in [0, 0.1) is 0 Å². The molecule has 4 nitrogen and oxygen atoms in total. The molecule has 0 aliphatic heterocycles. The normalized spacial score (nSPS) is 10.4. The molecule has 5 N–H and O–H groups in total. The third-order valence-corrected chi connectivity index (χ3v) is 2.58. The molecule has 1 aromatic heterocycles. The molecule has 0 atom stereocenters. The second-order valence-electron chi connectivity index (χ2n) is 3.89. The Hall–Kier alpha value is -1.94. The maximum Gasteiger partial charge on any atom is 0.0475 e. The summed E-state index contributed by atoms with van der Waals surface area (Å²) in [5.41, 5.74) is 9.65. The summed E-state index contributed by atoms with van der Waals surface area (Å²) in [6.45, 7) is 0.938. The van der Waals surface area contributed by atoms with Gasteiger partial charge in [-0.25, -0.2) is 0 Å². The Morgan fingerprint density at radius 2 is 2.18 bits per heavy atom. The van der Waals surface area contributed by atoms with Crippen LogP contribution in [0.15, 0.2) is 36.5 Å². The Morgan fingerprint density at radius 3 is 2.88 bits per heavy atom. The summed E-state index contributed by atoms with van der Waals surface area (Å²) in [6.07, 6.45) is 2.62. The molecule has 0 spiro atoms. The van der Waals surface area contributed by atoms with Gasteiger partial charge in [0.15, 0.2) is 0 Å². The van der Waals surface area contributed by atoms with Crippen LogP contribution in [-0.4, -0.2) is 23.2 Å². The maximum absolute atomic E-state index is 8.78. The van der Waals surface area contributed by atoms with Crippen molar-refractivity contribution in [2.45, 2.75) is 6.42 Å². The number of rotatable bonds is 5. The first-order chi connectivity index (χ1) is 8.31. The number of aliphatic hydroxyl groups is 1. The van der Waals surface area contributed by atoms with E-state index in [4.69, 9.17) is 10.8 Å². The number of nitrogens with two attached hydrogens (primary N) is 1. The lowest BCUT2D eigenvalue weighted by Crippen LogP contribution is -2.05. The molecule has 2 rings (SSSR count). The van der Waals surface area contributed by atoms with Crippen LogP contribution in [0.2, 0.25) is 0 Å². The van der Waals surface area contributed by atoms with Crippen molar-refractivity contribution < 1.29 is 5.11 Å². The van der Waals surface area contributed by atoms with E-state index in [0.29, 0.717) is 0 Å². The monoisotopic (exact) mass is 231 g/mol. The Morgan fingerprint density at radius 1 is 1.29 bits per heavy atom. The van der Waals surface area contributed by atoms with E-state index in [1.54, 1.807) is 0 Å². The minimum atomic E-state index is 0.194. The van der Waals surface area contributed by atoms with Crippen molar-refractivity contribution in [2.75, 3.05) is 24.2 Å². The van der Waals surface area contributed by atoms with E-state index in [1.165, 1.54) is 0 Å². The quantitative estimate of drug-likeness (QED) is 0.470. The van der Waals surface area contributed by atoms with E-state index in [-0.39, 0.29) is 6.61 Å². The molecule has 0 unspecified atom stereocenters. The van der Waals surface area contributed by atoms with Gasteiger partial charge in [-0.15, -0.1) is 0 Å². The van der Waals surface area contributed by atoms with Crippen molar-refractivity contribution in [2.24, 2.45) is 0 Å². The van der Waals surface area contributed by atoms with E-state index >= 15 is 0 Å².